The standard InChI is InChI=1S/C17H32N4O5/c1-4-6-7-8-25-12(5-2)15-14(20-10(3)22)11(21-17(18)19)9-13(26-15)16(23)24/h9,11-12,14-15,17,21H,4-8,18-19H2,1-3H3,(H,20,22)(H,23,24). The van der Waals surface area contributed by atoms with Gasteiger partial charge in [-0.2, -0.15) is 0 Å². The molecule has 1 aliphatic heterocycles. The van der Waals surface area contributed by atoms with E-state index in [0.29, 0.717) is 13.0 Å². The Morgan fingerprint density at radius 2 is 2.04 bits per heavy atom. The zero-order chi connectivity index (χ0) is 19.7. The van der Waals surface area contributed by atoms with Gasteiger partial charge in [-0.25, -0.2) is 4.79 Å². The van der Waals surface area contributed by atoms with E-state index in [1.807, 2.05) is 6.92 Å². The lowest BCUT2D eigenvalue weighted by atomic mass is 9.93. The fourth-order valence-electron chi connectivity index (χ4n) is 2.97. The highest BCUT2D eigenvalue weighted by atomic mass is 16.6. The molecule has 0 aromatic rings. The molecule has 26 heavy (non-hydrogen) atoms. The number of aliphatic carboxylic acids is 1. The number of hydrogen-bond acceptors (Lipinski definition) is 7. The largest absolute Gasteiger partial charge is 0.478 e. The van der Waals surface area contributed by atoms with Crippen LogP contribution in [0.1, 0.15) is 46.5 Å². The van der Waals surface area contributed by atoms with Crippen molar-refractivity contribution in [2.24, 2.45) is 11.5 Å². The van der Waals surface area contributed by atoms with E-state index in [1.54, 1.807) is 0 Å². The van der Waals surface area contributed by atoms with Crippen molar-refractivity contribution in [3.05, 3.63) is 11.8 Å². The third-order valence-electron chi connectivity index (χ3n) is 4.15. The fourth-order valence-corrected chi connectivity index (χ4v) is 2.97. The van der Waals surface area contributed by atoms with Crippen molar-refractivity contribution >= 4 is 11.9 Å². The van der Waals surface area contributed by atoms with Crippen LogP contribution in [0.15, 0.2) is 11.8 Å². The summed E-state index contributed by atoms with van der Waals surface area (Å²) in [6.07, 6.45) is 3.04. The minimum atomic E-state index is -1.20. The van der Waals surface area contributed by atoms with Crippen molar-refractivity contribution in [1.29, 1.82) is 0 Å². The number of ether oxygens (including phenoxy) is 2. The lowest BCUT2D eigenvalue weighted by molar-refractivity contribution is -0.143. The molecule has 4 atom stereocenters. The van der Waals surface area contributed by atoms with E-state index in [2.05, 4.69) is 17.6 Å². The van der Waals surface area contributed by atoms with E-state index in [-0.39, 0.29) is 17.8 Å². The topological polar surface area (TPSA) is 149 Å². The number of carboxylic acids is 1. The van der Waals surface area contributed by atoms with Gasteiger partial charge in [0.2, 0.25) is 11.7 Å². The molecule has 0 spiro atoms. The first-order chi connectivity index (χ1) is 12.3. The summed E-state index contributed by atoms with van der Waals surface area (Å²) in [5.74, 6) is -1.69. The Balaban J connectivity index is 3.06. The number of hydrogen-bond donors (Lipinski definition) is 5. The van der Waals surface area contributed by atoms with Crippen molar-refractivity contribution in [1.82, 2.24) is 10.6 Å². The van der Waals surface area contributed by atoms with E-state index >= 15 is 0 Å². The number of amides is 1. The van der Waals surface area contributed by atoms with Crippen LogP contribution in [0.3, 0.4) is 0 Å². The van der Waals surface area contributed by atoms with Crippen LogP contribution in [0, 0.1) is 0 Å². The second-order valence-electron chi connectivity index (χ2n) is 6.39. The average Bonchev–Trinajstić information content (AvgIpc) is 2.55. The van der Waals surface area contributed by atoms with Crippen LogP contribution in [0.2, 0.25) is 0 Å². The van der Waals surface area contributed by atoms with Crippen molar-refractivity contribution in [2.45, 2.75) is 77.0 Å². The second-order valence-corrected chi connectivity index (χ2v) is 6.39. The quantitative estimate of drug-likeness (QED) is 0.251. The molecule has 1 aliphatic rings. The van der Waals surface area contributed by atoms with E-state index in [0.717, 1.165) is 19.3 Å². The van der Waals surface area contributed by atoms with E-state index in [9.17, 15) is 14.7 Å². The van der Waals surface area contributed by atoms with Crippen LogP contribution in [0.5, 0.6) is 0 Å². The molecule has 0 aromatic carbocycles. The summed E-state index contributed by atoms with van der Waals surface area (Å²) >= 11 is 0. The molecule has 0 aromatic heterocycles. The molecule has 9 nitrogen and oxygen atoms in total. The molecule has 0 saturated carbocycles. The van der Waals surface area contributed by atoms with Gasteiger partial charge >= 0.3 is 5.97 Å². The molecule has 0 fully saturated rings. The monoisotopic (exact) mass is 372 g/mol. The third kappa shape index (κ3) is 6.91. The minimum Gasteiger partial charge on any atom is -0.478 e. The molecule has 1 rings (SSSR count). The average molecular weight is 372 g/mol. The highest BCUT2D eigenvalue weighted by Crippen LogP contribution is 2.25. The molecular weight excluding hydrogens is 340 g/mol. The first-order valence-corrected chi connectivity index (χ1v) is 9.07. The summed E-state index contributed by atoms with van der Waals surface area (Å²) in [5, 5.41) is 15.0. The molecule has 9 heteroatoms. The Morgan fingerprint density at radius 3 is 2.54 bits per heavy atom. The number of nitrogens with one attached hydrogen (secondary N) is 2. The lowest BCUT2D eigenvalue weighted by Crippen LogP contribution is -2.64. The van der Waals surface area contributed by atoms with Crippen LogP contribution < -0.4 is 22.1 Å². The second kappa shape index (κ2) is 11.1. The Kier molecular flexibility index (Phi) is 9.57. The van der Waals surface area contributed by atoms with Gasteiger partial charge in [-0.1, -0.05) is 26.7 Å². The van der Waals surface area contributed by atoms with Crippen LogP contribution in [0.4, 0.5) is 0 Å². The maximum absolute atomic E-state index is 11.7. The maximum atomic E-state index is 11.7. The molecule has 0 aliphatic carbocycles. The van der Waals surface area contributed by atoms with Crippen LogP contribution in [-0.2, 0) is 19.1 Å². The van der Waals surface area contributed by atoms with Gasteiger partial charge in [-0.15, -0.1) is 0 Å². The predicted molar refractivity (Wildman–Crippen MR) is 96.8 cm³/mol. The van der Waals surface area contributed by atoms with E-state index in [1.165, 1.54) is 13.0 Å². The Morgan fingerprint density at radius 1 is 1.35 bits per heavy atom. The Hall–Kier alpha value is -1.68. The molecule has 0 saturated heterocycles. The highest BCUT2D eigenvalue weighted by molar-refractivity contribution is 5.84. The normalized spacial score (nSPS) is 23.9. The van der Waals surface area contributed by atoms with Crippen molar-refractivity contribution < 1.29 is 24.2 Å². The summed E-state index contributed by atoms with van der Waals surface area (Å²) in [4.78, 5) is 23.1. The summed E-state index contributed by atoms with van der Waals surface area (Å²) in [6.45, 7) is 5.95. The van der Waals surface area contributed by atoms with Gasteiger partial charge < -0.3 is 31.4 Å². The number of unbranched alkanes of at least 4 members (excludes halogenated alkanes) is 2. The number of nitrogens with two attached hydrogens (primary N) is 2. The Bertz CT molecular complexity index is 498. The van der Waals surface area contributed by atoms with Gasteiger partial charge in [0.1, 0.15) is 12.4 Å². The van der Waals surface area contributed by atoms with Crippen LogP contribution in [0.25, 0.3) is 0 Å². The van der Waals surface area contributed by atoms with Gasteiger partial charge in [0.25, 0.3) is 0 Å². The first-order valence-electron chi connectivity index (χ1n) is 9.07. The zero-order valence-corrected chi connectivity index (χ0v) is 15.7. The van der Waals surface area contributed by atoms with Crippen molar-refractivity contribution in [2.75, 3.05) is 6.61 Å². The van der Waals surface area contributed by atoms with Gasteiger partial charge in [0, 0.05) is 13.5 Å². The van der Waals surface area contributed by atoms with Crippen molar-refractivity contribution in [3.8, 4) is 0 Å². The molecular formula is C17H32N4O5. The molecule has 0 radical (unpaired) electrons. The predicted octanol–water partition coefficient (Wildman–Crippen LogP) is 0.00300. The third-order valence-corrected chi connectivity index (χ3v) is 4.15. The zero-order valence-electron chi connectivity index (χ0n) is 15.7. The fraction of sp³-hybridized carbons (Fsp3) is 0.765. The SMILES string of the molecule is CCCCCOC(CC)C1OC(C(=O)O)=CC(NC(N)N)C1NC(C)=O. The van der Waals surface area contributed by atoms with E-state index in [4.69, 9.17) is 20.9 Å². The highest BCUT2D eigenvalue weighted by Gasteiger charge is 2.42. The minimum absolute atomic E-state index is 0.217. The molecule has 7 N–H and O–H groups in total. The molecule has 1 heterocycles. The molecule has 4 unspecified atom stereocenters. The number of carboxylic acid groups (broad SMARTS) is 1. The van der Waals surface area contributed by atoms with Gasteiger partial charge in [-0.05, 0) is 18.9 Å². The number of carbonyl (C=O) groups excluding carboxylic acids is 1. The maximum Gasteiger partial charge on any atom is 0.370 e. The smallest absolute Gasteiger partial charge is 0.370 e. The molecule has 0 bridgehead atoms. The van der Waals surface area contributed by atoms with Crippen LogP contribution >= 0.6 is 0 Å². The molecule has 1 amide bonds. The number of carbonyl (C=O) groups is 2. The number of rotatable bonds is 11. The summed E-state index contributed by atoms with van der Waals surface area (Å²) in [6, 6.07) is -1.17. The van der Waals surface area contributed by atoms with Crippen LogP contribution in [-0.4, -0.2) is 54.2 Å². The summed E-state index contributed by atoms with van der Waals surface area (Å²) in [5.41, 5.74) is 11.2. The van der Waals surface area contributed by atoms with Gasteiger partial charge in [0.05, 0.1) is 18.2 Å². The van der Waals surface area contributed by atoms with E-state index < -0.39 is 30.4 Å². The van der Waals surface area contributed by atoms with Crippen molar-refractivity contribution in [3.63, 3.8) is 0 Å². The van der Waals surface area contributed by atoms with Gasteiger partial charge in [-0.3, -0.25) is 10.1 Å². The lowest BCUT2D eigenvalue weighted by Gasteiger charge is -2.41. The summed E-state index contributed by atoms with van der Waals surface area (Å²) in [7, 11) is 0. The summed E-state index contributed by atoms with van der Waals surface area (Å²) < 4.78 is 11.6. The Labute approximate surface area is 154 Å². The molecule has 150 valence electrons. The first kappa shape index (κ1) is 22.4. The van der Waals surface area contributed by atoms with Gasteiger partial charge in [0.15, 0.2) is 0 Å².